The second-order valence-corrected chi connectivity index (χ2v) is 8.97. The first-order chi connectivity index (χ1) is 15.5. The molecule has 2 heterocycles. The van der Waals surface area contributed by atoms with Crippen molar-refractivity contribution in [1.29, 1.82) is 0 Å². The number of hydrogen-bond donors (Lipinski definition) is 1. The molecule has 1 aliphatic carbocycles. The van der Waals surface area contributed by atoms with Gasteiger partial charge in [0, 0.05) is 4.88 Å². The number of hydrogen-bond acceptors (Lipinski definition) is 6. The Bertz CT molecular complexity index is 1120. The molecular weight excluding hydrogens is 426 g/mol. The van der Waals surface area contributed by atoms with E-state index < -0.39 is 5.91 Å². The fourth-order valence-corrected chi connectivity index (χ4v) is 5.26. The Morgan fingerprint density at radius 3 is 2.59 bits per heavy atom. The summed E-state index contributed by atoms with van der Waals surface area (Å²) in [6.07, 6.45) is 3.87. The normalized spacial score (nSPS) is 12.8. The van der Waals surface area contributed by atoms with Crippen LogP contribution < -0.4 is 10.1 Å². The summed E-state index contributed by atoms with van der Waals surface area (Å²) >= 11 is 1.46. The van der Waals surface area contributed by atoms with Gasteiger partial charge in [-0.2, -0.15) is 0 Å². The molecule has 0 saturated carbocycles. The van der Waals surface area contributed by atoms with Crippen LogP contribution in [0, 0.1) is 13.8 Å². The number of anilines is 1. The Hall–Kier alpha value is -3.06. The van der Waals surface area contributed by atoms with Gasteiger partial charge < -0.3 is 19.2 Å². The third kappa shape index (κ3) is 4.58. The highest BCUT2D eigenvalue weighted by atomic mass is 32.1. The highest BCUT2D eigenvalue weighted by molar-refractivity contribution is 7.17. The Kier molecular flexibility index (Phi) is 6.65. The average Bonchev–Trinajstić information content (AvgIpc) is 3.38. The molecule has 2 aromatic heterocycles. The monoisotopic (exact) mass is 453 g/mol. The van der Waals surface area contributed by atoms with Crippen LogP contribution in [0.3, 0.4) is 0 Å². The maximum absolute atomic E-state index is 12.9. The van der Waals surface area contributed by atoms with Gasteiger partial charge in [0.25, 0.3) is 5.91 Å². The van der Waals surface area contributed by atoms with Gasteiger partial charge in [-0.1, -0.05) is 18.2 Å². The maximum atomic E-state index is 12.9. The van der Waals surface area contributed by atoms with Crippen molar-refractivity contribution in [2.45, 2.75) is 53.1 Å². The third-order valence-corrected chi connectivity index (χ3v) is 6.74. The molecule has 1 aliphatic rings. The van der Waals surface area contributed by atoms with E-state index in [1.54, 1.807) is 19.1 Å². The molecule has 3 aromatic rings. The second kappa shape index (κ2) is 9.61. The first-order valence-corrected chi connectivity index (χ1v) is 11.7. The van der Waals surface area contributed by atoms with Crippen molar-refractivity contribution >= 4 is 28.2 Å². The molecule has 1 amide bonds. The summed E-state index contributed by atoms with van der Waals surface area (Å²) in [5.41, 5.74) is 3.59. The number of carbonyl (C=O) groups is 2. The standard InChI is InChI=1S/C25H27NO5S/c1-4-29-25(28)21-18-10-5-6-11-20(18)32-24(21)26-23(27)19-13-12-17(31-19)14-30-22-15(2)8-7-9-16(22)3/h7-9,12-13H,4-6,10-11,14H2,1-3H3,(H,26,27). The lowest BCUT2D eigenvalue weighted by molar-refractivity contribution is 0.0526. The summed E-state index contributed by atoms with van der Waals surface area (Å²) in [7, 11) is 0. The Balaban J connectivity index is 1.49. The molecule has 32 heavy (non-hydrogen) atoms. The minimum absolute atomic E-state index is 0.172. The summed E-state index contributed by atoms with van der Waals surface area (Å²) in [6.45, 7) is 6.27. The van der Waals surface area contributed by atoms with Crippen molar-refractivity contribution in [2.24, 2.45) is 0 Å². The van der Waals surface area contributed by atoms with E-state index in [0.717, 1.165) is 53.0 Å². The zero-order chi connectivity index (χ0) is 22.7. The molecule has 0 bridgehead atoms. The van der Waals surface area contributed by atoms with Gasteiger partial charge in [-0.3, -0.25) is 4.79 Å². The molecule has 0 spiro atoms. The van der Waals surface area contributed by atoms with Gasteiger partial charge in [-0.25, -0.2) is 4.79 Å². The molecule has 1 N–H and O–H groups in total. The van der Waals surface area contributed by atoms with Gasteiger partial charge in [0.15, 0.2) is 5.76 Å². The van der Waals surface area contributed by atoms with Crippen molar-refractivity contribution in [3.63, 3.8) is 0 Å². The van der Waals surface area contributed by atoms with Crippen LogP contribution in [0.15, 0.2) is 34.7 Å². The number of fused-ring (bicyclic) bond motifs is 1. The minimum Gasteiger partial charge on any atom is -0.485 e. The van der Waals surface area contributed by atoms with Crippen molar-refractivity contribution in [3.05, 3.63) is 69.0 Å². The van der Waals surface area contributed by atoms with Gasteiger partial charge in [0.2, 0.25) is 0 Å². The van der Waals surface area contributed by atoms with Crippen LogP contribution in [0.1, 0.15) is 68.0 Å². The number of nitrogens with one attached hydrogen (secondary N) is 1. The van der Waals surface area contributed by atoms with Gasteiger partial charge in [0.1, 0.15) is 23.1 Å². The molecule has 0 fully saturated rings. The predicted molar refractivity (Wildman–Crippen MR) is 124 cm³/mol. The predicted octanol–water partition coefficient (Wildman–Crippen LogP) is 5.84. The Labute approximate surface area is 191 Å². The molecule has 7 heteroatoms. The van der Waals surface area contributed by atoms with Gasteiger partial charge >= 0.3 is 5.97 Å². The first-order valence-electron chi connectivity index (χ1n) is 10.9. The fourth-order valence-electron chi connectivity index (χ4n) is 3.99. The van der Waals surface area contributed by atoms with Crippen molar-refractivity contribution < 1.29 is 23.5 Å². The molecular formula is C25H27NO5S. The van der Waals surface area contributed by atoms with Gasteiger partial charge in [0.05, 0.1) is 12.2 Å². The lowest BCUT2D eigenvalue weighted by Crippen LogP contribution is -2.15. The number of rotatable bonds is 7. The van der Waals surface area contributed by atoms with E-state index in [9.17, 15) is 9.59 Å². The number of para-hydroxylation sites is 1. The maximum Gasteiger partial charge on any atom is 0.341 e. The number of carbonyl (C=O) groups excluding carboxylic acids is 2. The molecule has 6 nitrogen and oxygen atoms in total. The first kappa shape index (κ1) is 22.1. The van der Waals surface area contributed by atoms with Crippen LogP contribution in [0.5, 0.6) is 5.75 Å². The summed E-state index contributed by atoms with van der Waals surface area (Å²) in [6, 6.07) is 9.32. The van der Waals surface area contributed by atoms with Crippen molar-refractivity contribution in [1.82, 2.24) is 0 Å². The summed E-state index contributed by atoms with van der Waals surface area (Å²) in [4.78, 5) is 26.6. The van der Waals surface area contributed by atoms with Crippen LogP contribution in [0.2, 0.25) is 0 Å². The molecule has 1 aromatic carbocycles. The van der Waals surface area contributed by atoms with Crippen LogP contribution in [-0.2, 0) is 24.2 Å². The number of esters is 1. The minimum atomic E-state index is -0.396. The van der Waals surface area contributed by atoms with Gasteiger partial charge in [-0.05, 0) is 75.3 Å². The fraction of sp³-hybridized carbons (Fsp3) is 0.360. The number of aryl methyl sites for hydroxylation is 3. The van der Waals surface area contributed by atoms with Crippen LogP contribution in [0.4, 0.5) is 5.00 Å². The van der Waals surface area contributed by atoms with E-state index in [4.69, 9.17) is 13.9 Å². The molecule has 0 radical (unpaired) electrons. The third-order valence-electron chi connectivity index (χ3n) is 5.53. The molecule has 0 atom stereocenters. The molecule has 0 aliphatic heterocycles. The molecule has 0 saturated heterocycles. The summed E-state index contributed by atoms with van der Waals surface area (Å²) < 4.78 is 16.9. The van der Waals surface area contributed by atoms with E-state index in [1.165, 1.54) is 11.3 Å². The summed E-state index contributed by atoms with van der Waals surface area (Å²) in [5.74, 6) is 0.759. The van der Waals surface area contributed by atoms with E-state index in [1.807, 2.05) is 32.0 Å². The highest BCUT2D eigenvalue weighted by Gasteiger charge is 2.28. The topological polar surface area (TPSA) is 77.8 Å². The number of benzene rings is 1. The largest absolute Gasteiger partial charge is 0.485 e. The van der Waals surface area contributed by atoms with E-state index >= 15 is 0 Å². The van der Waals surface area contributed by atoms with E-state index in [-0.39, 0.29) is 18.3 Å². The number of thiophene rings is 1. The van der Waals surface area contributed by atoms with E-state index in [2.05, 4.69) is 5.32 Å². The second-order valence-electron chi connectivity index (χ2n) is 7.87. The van der Waals surface area contributed by atoms with Crippen LogP contribution in [0.25, 0.3) is 0 Å². The smallest absolute Gasteiger partial charge is 0.341 e. The Morgan fingerprint density at radius 2 is 1.84 bits per heavy atom. The van der Waals surface area contributed by atoms with Crippen molar-refractivity contribution in [3.8, 4) is 5.75 Å². The molecule has 4 rings (SSSR count). The van der Waals surface area contributed by atoms with Crippen molar-refractivity contribution in [2.75, 3.05) is 11.9 Å². The average molecular weight is 454 g/mol. The zero-order valence-electron chi connectivity index (χ0n) is 18.6. The quantitative estimate of drug-likeness (QED) is 0.455. The summed E-state index contributed by atoms with van der Waals surface area (Å²) in [5, 5.41) is 3.41. The lowest BCUT2D eigenvalue weighted by Gasteiger charge is -2.12. The number of amides is 1. The zero-order valence-corrected chi connectivity index (χ0v) is 19.4. The molecule has 0 unspecified atom stereocenters. The van der Waals surface area contributed by atoms with E-state index in [0.29, 0.717) is 22.9 Å². The molecule has 168 valence electrons. The number of ether oxygens (including phenoxy) is 2. The Morgan fingerprint density at radius 1 is 1.09 bits per heavy atom. The van der Waals surface area contributed by atoms with Gasteiger partial charge in [-0.15, -0.1) is 11.3 Å². The SMILES string of the molecule is CCOC(=O)c1c(NC(=O)c2ccc(COc3c(C)cccc3C)o2)sc2c1CCCC2. The lowest BCUT2D eigenvalue weighted by atomic mass is 9.95. The number of furan rings is 1. The highest BCUT2D eigenvalue weighted by Crippen LogP contribution is 2.39. The van der Waals surface area contributed by atoms with Crippen LogP contribution >= 0.6 is 11.3 Å². The van der Waals surface area contributed by atoms with Crippen LogP contribution in [-0.4, -0.2) is 18.5 Å².